The molecule has 4 rings (SSSR count). The van der Waals surface area contributed by atoms with Crippen molar-refractivity contribution in [2.45, 2.75) is 75.5 Å². The monoisotopic (exact) mass is 569 g/mol. The smallest absolute Gasteiger partial charge is 0.243 e. The number of thioether (sulfide) groups is 1. The molecule has 10 heteroatoms. The number of benzene rings is 2. The number of carbonyl (C=O) groups excluding carboxylic acids is 1. The average Bonchev–Trinajstić information content (AvgIpc) is 3.36. The number of aromatic nitrogens is 3. The van der Waals surface area contributed by atoms with Crippen LogP contribution in [-0.2, 0) is 27.8 Å². The molecule has 2 unspecified atom stereocenters. The quantitative estimate of drug-likeness (QED) is 0.308. The summed E-state index contributed by atoms with van der Waals surface area (Å²) in [5.41, 5.74) is 1.85. The Labute approximate surface area is 236 Å². The number of rotatable bonds is 12. The summed E-state index contributed by atoms with van der Waals surface area (Å²) in [5.74, 6) is 1.34. The van der Waals surface area contributed by atoms with Crippen LogP contribution < -0.4 is 5.32 Å². The zero-order valence-corrected chi connectivity index (χ0v) is 24.7. The molecule has 1 N–H and O–H groups in total. The van der Waals surface area contributed by atoms with Crippen LogP contribution in [0.25, 0.3) is 11.4 Å². The van der Waals surface area contributed by atoms with Crippen LogP contribution in [0.2, 0.25) is 0 Å². The van der Waals surface area contributed by atoms with Crippen LogP contribution in [-0.4, -0.2) is 58.3 Å². The molecule has 8 nitrogen and oxygen atoms in total. The molecule has 2 aromatic carbocycles. The molecule has 3 aromatic rings. The topological polar surface area (TPSA) is 97.2 Å². The Kier molecular flexibility index (Phi) is 10.2. The number of aryl methyl sites for hydroxylation is 1. The first-order valence-electron chi connectivity index (χ1n) is 13.8. The second-order valence-corrected chi connectivity index (χ2v) is 12.9. The summed E-state index contributed by atoms with van der Waals surface area (Å²) in [5, 5.41) is 12.8. The Morgan fingerprint density at radius 3 is 2.51 bits per heavy atom. The molecule has 1 heterocycles. The van der Waals surface area contributed by atoms with Gasteiger partial charge in [0.05, 0.1) is 10.6 Å². The summed E-state index contributed by atoms with van der Waals surface area (Å²) in [6, 6.07) is 17.3. The highest BCUT2D eigenvalue weighted by Crippen LogP contribution is 2.28. The van der Waals surface area contributed by atoms with Gasteiger partial charge in [-0.25, -0.2) is 8.42 Å². The molecule has 1 aliphatic carbocycles. The SMILES string of the molecule is CCN(CC)S(=O)(=O)c1cccc(-c2nnc(SCC(=O)NC3CCCCC3C)n2CCc2ccccc2)c1. The lowest BCUT2D eigenvalue weighted by atomic mass is 9.86. The van der Waals surface area contributed by atoms with E-state index in [4.69, 9.17) is 0 Å². The van der Waals surface area contributed by atoms with Crippen molar-refractivity contribution in [1.82, 2.24) is 24.4 Å². The van der Waals surface area contributed by atoms with E-state index in [1.54, 1.807) is 18.2 Å². The number of hydrogen-bond donors (Lipinski definition) is 1. The first-order valence-corrected chi connectivity index (χ1v) is 16.3. The van der Waals surface area contributed by atoms with E-state index in [9.17, 15) is 13.2 Å². The van der Waals surface area contributed by atoms with Gasteiger partial charge in [0.15, 0.2) is 11.0 Å². The van der Waals surface area contributed by atoms with Crippen LogP contribution >= 0.6 is 11.8 Å². The largest absolute Gasteiger partial charge is 0.352 e. The normalized spacial score (nSPS) is 17.8. The number of carbonyl (C=O) groups is 1. The lowest BCUT2D eigenvalue weighted by molar-refractivity contribution is -0.119. The van der Waals surface area contributed by atoms with Crippen LogP contribution in [0.4, 0.5) is 0 Å². The lowest BCUT2D eigenvalue weighted by Crippen LogP contribution is -2.41. The highest BCUT2D eigenvalue weighted by molar-refractivity contribution is 7.99. The molecule has 1 aliphatic rings. The van der Waals surface area contributed by atoms with Crippen molar-refractivity contribution in [3.05, 3.63) is 60.2 Å². The van der Waals surface area contributed by atoms with Crippen LogP contribution in [0.5, 0.6) is 0 Å². The summed E-state index contributed by atoms with van der Waals surface area (Å²) in [6.45, 7) is 7.28. The van der Waals surface area contributed by atoms with E-state index in [2.05, 4.69) is 34.6 Å². The Morgan fingerprint density at radius 1 is 1.05 bits per heavy atom. The minimum absolute atomic E-state index is 0.00484. The van der Waals surface area contributed by atoms with Gasteiger partial charge in [-0.15, -0.1) is 10.2 Å². The summed E-state index contributed by atoms with van der Waals surface area (Å²) in [7, 11) is -3.62. The lowest BCUT2D eigenvalue weighted by Gasteiger charge is -2.29. The second-order valence-electron chi connectivity index (χ2n) is 10.0. The molecule has 0 saturated heterocycles. The number of nitrogens with zero attached hydrogens (tertiary/aromatic N) is 4. The van der Waals surface area contributed by atoms with Crippen molar-refractivity contribution in [1.29, 1.82) is 0 Å². The Hall–Kier alpha value is -2.69. The van der Waals surface area contributed by atoms with Crippen molar-refractivity contribution >= 4 is 27.7 Å². The van der Waals surface area contributed by atoms with E-state index in [1.807, 2.05) is 42.7 Å². The van der Waals surface area contributed by atoms with Crippen LogP contribution in [0, 0.1) is 5.92 Å². The average molecular weight is 570 g/mol. The third-order valence-corrected chi connectivity index (χ3v) is 10.4. The highest BCUT2D eigenvalue weighted by atomic mass is 32.2. The molecular formula is C29H39N5O3S2. The maximum Gasteiger partial charge on any atom is 0.243 e. The Morgan fingerprint density at radius 2 is 1.79 bits per heavy atom. The van der Waals surface area contributed by atoms with Crippen LogP contribution in [0.15, 0.2) is 64.6 Å². The number of nitrogens with one attached hydrogen (secondary N) is 1. The molecule has 0 bridgehead atoms. The van der Waals surface area contributed by atoms with E-state index in [0.29, 0.717) is 42.1 Å². The van der Waals surface area contributed by atoms with Gasteiger partial charge in [0.1, 0.15) is 0 Å². The Bertz CT molecular complexity index is 1340. The third-order valence-electron chi connectivity index (χ3n) is 7.41. The summed E-state index contributed by atoms with van der Waals surface area (Å²) < 4.78 is 29.8. The fraction of sp³-hybridized carbons (Fsp3) is 0.483. The van der Waals surface area contributed by atoms with Gasteiger partial charge in [-0.2, -0.15) is 4.31 Å². The van der Waals surface area contributed by atoms with Gasteiger partial charge in [0.2, 0.25) is 15.9 Å². The zero-order valence-electron chi connectivity index (χ0n) is 23.0. The molecule has 2 atom stereocenters. The van der Waals surface area contributed by atoms with Gasteiger partial charge in [-0.1, -0.05) is 87.8 Å². The predicted molar refractivity (Wildman–Crippen MR) is 156 cm³/mol. The van der Waals surface area contributed by atoms with E-state index < -0.39 is 10.0 Å². The zero-order chi connectivity index (χ0) is 27.8. The van der Waals surface area contributed by atoms with Crippen molar-refractivity contribution in [3.8, 4) is 11.4 Å². The molecule has 1 saturated carbocycles. The molecule has 1 amide bonds. The molecule has 0 radical (unpaired) electrons. The predicted octanol–water partition coefficient (Wildman–Crippen LogP) is 5.01. The molecule has 210 valence electrons. The Balaban J connectivity index is 1.58. The van der Waals surface area contributed by atoms with Gasteiger partial charge < -0.3 is 9.88 Å². The minimum atomic E-state index is -3.62. The molecule has 0 aliphatic heterocycles. The number of sulfonamides is 1. The maximum absolute atomic E-state index is 13.2. The van der Waals surface area contributed by atoms with Gasteiger partial charge in [0, 0.05) is 31.2 Å². The van der Waals surface area contributed by atoms with Crippen molar-refractivity contribution in [3.63, 3.8) is 0 Å². The first-order chi connectivity index (χ1) is 18.8. The van der Waals surface area contributed by atoms with Crippen LogP contribution in [0.1, 0.15) is 52.0 Å². The van der Waals surface area contributed by atoms with Gasteiger partial charge in [0.25, 0.3) is 0 Å². The molecule has 1 aromatic heterocycles. The van der Waals surface area contributed by atoms with E-state index in [0.717, 1.165) is 25.7 Å². The number of amides is 1. The summed E-state index contributed by atoms with van der Waals surface area (Å²) >= 11 is 1.37. The van der Waals surface area contributed by atoms with Crippen molar-refractivity contribution in [2.24, 2.45) is 5.92 Å². The summed E-state index contributed by atoms with van der Waals surface area (Å²) in [4.78, 5) is 13.0. The summed E-state index contributed by atoms with van der Waals surface area (Å²) in [6.07, 6.45) is 5.32. The second kappa shape index (κ2) is 13.6. The van der Waals surface area contributed by atoms with Gasteiger partial charge in [-0.3, -0.25) is 4.79 Å². The minimum Gasteiger partial charge on any atom is -0.352 e. The first kappa shape index (κ1) is 29.3. The molecule has 0 spiro atoms. The van der Waals surface area contributed by atoms with Crippen molar-refractivity contribution in [2.75, 3.05) is 18.8 Å². The standard InChI is InChI=1S/C29H39N5O3S2/c1-4-33(5-2)39(36,37)25-16-11-15-24(20-25)28-31-32-29(34(28)19-18-23-13-7-6-8-14-23)38-21-27(35)30-26-17-10-9-12-22(26)3/h6-8,11,13-16,20,22,26H,4-5,9-10,12,17-19,21H2,1-3H3,(H,30,35). The fourth-order valence-corrected chi connectivity index (χ4v) is 7.39. The van der Waals surface area contributed by atoms with Crippen LogP contribution in [0.3, 0.4) is 0 Å². The third kappa shape index (κ3) is 7.29. The van der Waals surface area contributed by atoms with E-state index in [1.165, 1.54) is 28.1 Å². The van der Waals surface area contributed by atoms with Gasteiger partial charge in [-0.05, 0) is 42.9 Å². The van der Waals surface area contributed by atoms with E-state index >= 15 is 0 Å². The highest BCUT2D eigenvalue weighted by Gasteiger charge is 2.25. The number of hydrogen-bond acceptors (Lipinski definition) is 6. The fourth-order valence-electron chi connectivity index (χ4n) is 5.11. The molecule has 39 heavy (non-hydrogen) atoms. The molecule has 1 fully saturated rings. The molecular weight excluding hydrogens is 530 g/mol. The van der Waals surface area contributed by atoms with Gasteiger partial charge >= 0.3 is 0 Å². The maximum atomic E-state index is 13.2. The van der Waals surface area contributed by atoms with Crippen molar-refractivity contribution < 1.29 is 13.2 Å². The van der Waals surface area contributed by atoms with E-state index in [-0.39, 0.29) is 22.6 Å².